The van der Waals surface area contributed by atoms with E-state index in [-0.39, 0.29) is 22.3 Å². The maximum atomic E-state index is 12.6. The average Bonchev–Trinajstić information content (AvgIpc) is 3.28. The lowest BCUT2D eigenvalue weighted by molar-refractivity contribution is -0.121. The summed E-state index contributed by atoms with van der Waals surface area (Å²) < 4.78 is 6.14. The SMILES string of the molecule is COc1csc2ccc(C(=O)C(C#N)C(=O)C3CC3)c(Cl)c12. The van der Waals surface area contributed by atoms with Crippen LogP contribution in [0.1, 0.15) is 23.2 Å². The molecule has 1 saturated carbocycles. The Morgan fingerprint density at radius 1 is 1.45 bits per heavy atom. The Bertz CT molecular complexity index is 817. The number of benzene rings is 1. The van der Waals surface area contributed by atoms with Crippen molar-refractivity contribution in [1.29, 1.82) is 5.26 Å². The Balaban J connectivity index is 2.05. The third-order valence-corrected chi connectivity index (χ3v) is 5.10. The number of thiophene rings is 1. The summed E-state index contributed by atoms with van der Waals surface area (Å²) >= 11 is 7.80. The van der Waals surface area contributed by atoms with Gasteiger partial charge in [-0.3, -0.25) is 9.59 Å². The second kappa shape index (κ2) is 5.71. The van der Waals surface area contributed by atoms with E-state index in [0.717, 1.165) is 17.5 Å². The van der Waals surface area contributed by atoms with Crippen molar-refractivity contribution in [2.75, 3.05) is 7.11 Å². The molecule has 1 unspecified atom stereocenters. The highest BCUT2D eigenvalue weighted by molar-refractivity contribution is 7.17. The van der Waals surface area contributed by atoms with E-state index in [9.17, 15) is 14.9 Å². The fourth-order valence-corrected chi connectivity index (χ4v) is 3.74. The summed E-state index contributed by atoms with van der Waals surface area (Å²) in [4.78, 5) is 24.7. The van der Waals surface area contributed by atoms with Crippen LogP contribution in [0.5, 0.6) is 5.75 Å². The van der Waals surface area contributed by atoms with Crippen molar-refractivity contribution >= 4 is 44.6 Å². The summed E-state index contributed by atoms with van der Waals surface area (Å²) in [5.74, 6) is -1.65. The Hall–Kier alpha value is -1.90. The number of hydrogen-bond donors (Lipinski definition) is 0. The Labute approximate surface area is 136 Å². The predicted octanol–water partition coefficient (Wildman–Crippen LogP) is 3.86. The van der Waals surface area contributed by atoms with E-state index in [4.69, 9.17) is 16.3 Å². The molecule has 1 aromatic carbocycles. The Kier molecular flexibility index (Phi) is 3.90. The number of nitriles is 1. The number of ketones is 2. The van der Waals surface area contributed by atoms with Crippen LogP contribution in [0, 0.1) is 23.2 Å². The first-order valence-corrected chi connectivity index (χ1v) is 8.05. The topological polar surface area (TPSA) is 67.2 Å². The van der Waals surface area contributed by atoms with Crippen molar-refractivity contribution < 1.29 is 14.3 Å². The molecule has 1 fully saturated rings. The van der Waals surface area contributed by atoms with E-state index in [1.54, 1.807) is 12.1 Å². The molecule has 1 aliphatic rings. The molecule has 0 N–H and O–H groups in total. The minimum absolute atomic E-state index is 0.146. The largest absolute Gasteiger partial charge is 0.495 e. The van der Waals surface area contributed by atoms with Gasteiger partial charge in [-0.15, -0.1) is 11.3 Å². The molecule has 22 heavy (non-hydrogen) atoms. The van der Waals surface area contributed by atoms with Gasteiger partial charge in [-0.05, 0) is 25.0 Å². The summed E-state index contributed by atoms with van der Waals surface area (Å²) in [6.07, 6.45) is 1.52. The van der Waals surface area contributed by atoms with Gasteiger partial charge in [-0.1, -0.05) is 11.6 Å². The van der Waals surface area contributed by atoms with Crippen molar-refractivity contribution in [1.82, 2.24) is 0 Å². The average molecular weight is 334 g/mol. The second-order valence-electron chi connectivity index (χ2n) is 5.21. The molecule has 3 rings (SSSR count). The predicted molar refractivity (Wildman–Crippen MR) is 84.6 cm³/mol. The van der Waals surface area contributed by atoms with Crippen LogP contribution in [0.4, 0.5) is 0 Å². The van der Waals surface area contributed by atoms with Gasteiger partial charge in [0.1, 0.15) is 5.75 Å². The molecule has 0 amide bonds. The molecule has 0 aliphatic heterocycles. The number of halogens is 1. The number of rotatable bonds is 5. The normalized spacial score (nSPS) is 15.3. The highest BCUT2D eigenvalue weighted by Gasteiger charge is 2.39. The van der Waals surface area contributed by atoms with E-state index in [0.29, 0.717) is 11.1 Å². The molecule has 1 aromatic heterocycles. The maximum Gasteiger partial charge on any atom is 0.189 e. The van der Waals surface area contributed by atoms with E-state index in [1.807, 2.05) is 11.4 Å². The smallest absolute Gasteiger partial charge is 0.189 e. The van der Waals surface area contributed by atoms with Crippen molar-refractivity contribution in [2.24, 2.45) is 11.8 Å². The van der Waals surface area contributed by atoms with Gasteiger partial charge in [0, 0.05) is 21.6 Å². The van der Waals surface area contributed by atoms with Crippen LogP contribution < -0.4 is 4.74 Å². The fraction of sp³-hybridized carbons (Fsp3) is 0.312. The number of hydrogen-bond acceptors (Lipinski definition) is 5. The number of carbonyl (C=O) groups excluding carboxylic acids is 2. The molecule has 6 heteroatoms. The molecule has 0 radical (unpaired) electrons. The van der Waals surface area contributed by atoms with Gasteiger partial charge >= 0.3 is 0 Å². The number of carbonyl (C=O) groups is 2. The number of Topliss-reactive ketones (excluding diaryl/α,β-unsaturated/α-hetero) is 2. The van der Waals surface area contributed by atoms with Gasteiger partial charge in [-0.2, -0.15) is 5.26 Å². The van der Waals surface area contributed by atoms with Gasteiger partial charge < -0.3 is 4.74 Å². The molecular formula is C16H12ClNO3S. The van der Waals surface area contributed by atoms with Crippen LogP contribution in [0.25, 0.3) is 10.1 Å². The minimum Gasteiger partial charge on any atom is -0.495 e. The number of fused-ring (bicyclic) bond motifs is 1. The molecule has 0 saturated heterocycles. The van der Waals surface area contributed by atoms with Crippen LogP contribution in [0.2, 0.25) is 5.02 Å². The fourth-order valence-electron chi connectivity index (χ4n) is 2.41. The van der Waals surface area contributed by atoms with Gasteiger partial charge in [0.25, 0.3) is 0 Å². The Morgan fingerprint density at radius 2 is 2.18 bits per heavy atom. The van der Waals surface area contributed by atoms with Gasteiger partial charge in [0.2, 0.25) is 0 Å². The standard InChI is InChI=1S/C16H12ClNO3S/c1-21-11-7-22-12-5-4-9(14(17)13(11)12)16(20)10(6-18)15(19)8-2-3-8/h4-5,7-8,10H,2-3H2,1H3. The van der Waals surface area contributed by atoms with E-state index in [2.05, 4.69) is 0 Å². The summed E-state index contributed by atoms with van der Waals surface area (Å²) in [5.41, 5.74) is 0.200. The number of ether oxygens (including phenoxy) is 1. The van der Waals surface area contributed by atoms with Gasteiger partial charge in [0.15, 0.2) is 17.5 Å². The molecule has 1 atom stereocenters. The lowest BCUT2D eigenvalue weighted by Crippen LogP contribution is -2.24. The summed E-state index contributed by atoms with van der Waals surface area (Å²) in [5, 5.41) is 11.9. The maximum absolute atomic E-state index is 12.6. The molecule has 2 aromatic rings. The second-order valence-corrected chi connectivity index (χ2v) is 6.50. The van der Waals surface area contributed by atoms with Crippen LogP contribution in [-0.2, 0) is 4.79 Å². The van der Waals surface area contributed by atoms with Crippen molar-refractivity contribution in [3.8, 4) is 11.8 Å². The lowest BCUT2D eigenvalue weighted by atomic mass is 9.92. The highest BCUT2D eigenvalue weighted by Crippen LogP contribution is 2.40. The minimum atomic E-state index is -1.27. The zero-order valence-corrected chi connectivity index (χ0v) is 13.3. The Morgan fingerprint density at radius 3 is 2.77 bits per heavy atom. The molecule has 0 spiro atoms. The third-order valence-electron chi connectivity index (χ3n) is 3.78. The first kappa shape index (κ1) is 15.0. The lowest BCUT2D eigenvalue weighted by Gasteiger charge is -2.09. The molecule has 1 heterocycles. The zero-order valence-electron chi connectivity index (χ0n) is 11.8. The number of nitrogens with zero attached hydrogens (tertiary/aromatic N) is 1. The van der Waals surface area contributed by atoms with Crippen LogP contribution in [-0.4, -0.2) is 18.7 Å². The van der Waals surface area contributed by atoms with E-state index < -0.39 is 11.7 Å². The van der Waals surface area contributed by atoms with Crippen LogP contribution in [0.3, 0.4) is 0 Å². The van der Waals surface area contributed by atoms with E-state index in [1.165, 1.54) is 18.4 Å². The van der Waals surface area contributed by atoms with E-state index >= 15 is 0 Å². The molecule has 112 valence electrons. The van der Waals surface area contributed by atoms with Crippen molar-refractivity contribution in [3.63, 3.8) is 0 Å². The van der Waals surface area contributed by atoms with Crippen molar-refractivity contribution in [2.45, 2.75) is 12.8 Å². The molecule has 1 aliphatic carbocycles. The number of methoxy groups -OCH3 is 1. The monoisotopic (exact) mass is 333 g/mol. The van der Waals surface area contributed by atoms with Gasteiger partial charge in [0.05, 0.1) is 23.6 Å². The first-order valence-electron chi connectivity index (χ1n) is 6.79. The molecular weight excluding hydrogens is 322 g/mol. The van der Waals surface area contributed by atoms with Gasteiger partial charge in [-0.25, -0.2) is 0 Å². The third kappa shape index (κ3) is 2.39. The first-order chi connectivity index (χ1) is 10.6. The summed E-state index contributed by atoms with van der Waals surface area (Å²) in [6.45, 7) is 0. The van der Waals surface area contributed by atoms with Crippen LogP contribution >= 0.6 is 22.9 Å². The molecule has 0 bridgehead atoms. The zero-order chi connectivity index (χ0) is 15.9. The van der Waals surface area contributed by atoms with Crippen LogP contribution in [0.15, 0.2) is 17.5 Å². The quantitative estimate of drug-likeness (QED) is 0.615. The molecule has 4 nitrogen and oxygen atoms in total. The summed E-state index contributed by atoms with van der Waals surface area (Å²) in [7, 11) is 1.53. The summed E-state index contributed by atoms with van der Waals surface area (Å²) in [6, 6.07) is 5.17. The van der Waals surface area contributed by atoms with Crippen molar-refractivity contribution in [3.05, 3.63) is 28.1 Å². The highest BCUT2D eigenvalue weighted by atomic mass is 35.5.